The minimum atomic E-state index is 0.721. The second kappa shape index (κ2) is 6.38. The first-order valence-electron chi connectivity index (χ1n) is 7.80. The molecule has 0 aromatic heterocycles. The smallest absolute Gasteiger partial charge is 0.181 e. The molecule has 4 heteroatoms. The molecule has 1 aliphatic rings. The third kappa shape index (κ3) is 2.77. The van der Waals surface area contributed by atoms with Crippen molar-refractivity contribution in [1.82, 2.24) is 5.43 Å². The SMILES string of the molecule is c1ccc(C2=NN(c3ccccc3)C(c3ccccc3)=NN2)cc1. The van der Waals surface area contributed by atoms with Crippen LogP contribution in [0, 0.1) is 0 Å². The number of para-hydroxylation sites is 1. The van der Waals surface area contributed by atoms with Gasteiger partial charge in [-0.1, -0.05) is 78.9 Å². The van der Waals surface area contributed by atoms with Crippen molar-refractivity contribution >= 4 is 17.4 Å². The van der Waals surface area contributed by atoms with E-state index in [9.17, 15) is 0 Å². The highest BCUT2D eigenvalue weighted by atomic mass is 15.6. The maximum Gasteiger partial charge on any atom is 0.181 e. The first-order chi connectivity index (χ1) is 11.9. The third-order valence-corrected chi connectivity index (χ3v) is 3.75. The van der Waals surface area contributed by atoms with Crippen molar-refractivity contribution in [3.05, 3.63) is 102 Å². The highest BCUT2D eigenvalue weighted by Gasteiger charge is 2.21. The number of benzene rings is 3. The van der Waals surface area contributed by atoms with Crippen molar-refractivity contribution in [2.45, 2.75) is 0 Å². The third-order valence-electron chi connectivity index (χ3n) is 3.75. The fourth-order valence-corrected chi connectivity index (χ4v) is 2.56. The first kappa shape index (κ1) is 14.2. The zero-order valence-electron chi connectivity index (χ0n) is 13.0. The number of hydrogen-bond donors (Lipinski definition) is 1. The van der Waals surface area contributed by atoms with Gasteiger partial charge < -0.3 is 0 Å². The lowest BCUT2D eigenvalue weighted by molar-refractivity contribution is 0.932. The van der Waals surface area contributed by atoms with Crippen molar-refractivity contribution in [3.63, 3.8) is 0 Å². The Morgan fingerprint density at radius 2 is 1.17 bits per heavy atom. The lowest BCUT2D eigenvalue weighted by Crippen LogP contribution is -2.38. The van der Waals surface area contributed by atoms with Gasteiger partial charge in [0, 0.05) is 11.1 Å². The van der Waals surface area contributed by atoms with E-state index in [1.165, 1.54) is 0 Å². The minimum absolute atomic E-state index is 0.721. The zero-order valence-corrected chi connectivity index (χ0v) is 13.0. The number of hydrogen-bond acceptors (Lipinski definition) is 4. The van der Waals surface area contributed by atoms with Crippen molar-refractivity contribution in [2.24, 2.45) is 10.2 Å². The van der Waals surface area contributed by atoms with Gasteiger partial charge in [-0.05, 0) is 12.1 Å². The average molecular weight is 312 g/mol. The molecule has 0 fully saturated rings. The van der Waals surface area contributed by atoms with Crippen LogP contribution in [0.2, 0.25) is 0 Å². The van der Waals surface area contributed by atoms with Crippen LogP contribution in [-0.2, 0) is 0 Å². The quantitative estimate of drug-likeness (QED) is 0.798. The van der Waals surface area contributed by atoms with Crippen LogP contribution in [0.15, 0.2) is 101 Å². The van der Waals surface area contributed by atoms with Crippen LogP contribution in [0.25, 0.3) is 0 Å². The Hall–Kier alpha value is -3.40. The Bertz CT molecular complexity index is 871. The molecule has 0 unspecified atom stereocenters. The molecule has 4 nitrogen and oxygen atoms in total. The topological polar surface area (TPSA) is 40.0 Å². The van der Waals surface area contributed by atoms with Gasteiger partial charge in [0.15, 0.2) is 11.7 Å². The summed E-state index contributed by atoms with van der Waals surface area (Å²) in [4.78, 5) is 0. The van der Waals surface area contributed by atoms with Crippen LogP contribution in [0.1, 0.15) is 11.1 Å². The second-order valence-electron chi connectivity index (χ2n) is 5.38. The van der Waals surface area contributed by atoms with Gasteiger partial charge in [0.25, 0.3) is 0 Å². The second-order valence-corrected chi connectivity index (χ2v) is 5.38. The molecule has 0 saturated heterocycles. The largest absolute Gasteiger partial charge is 0.257 e. The Balaban J connectivity index is 1.78. The van der Waals surface area contributed by atoms with Crippen molar-refractivity contribution in [2.75, 3.05) is 5.01 Å². The van der Waals surface area contributed by atoms with Gasteiger partial charge in [-0.3, -0.25) is 5.43 Å². The number of nitrogens with zero attached hydrogens (tertiary/aromatic N) is 3. The molecule has 4 rings (SSSR count). The molecule has 3 aromatic rings. The number of anilines is 1. The molecular formula is C20H16N4. The molecule has 24 heavy (non-hydrogen) atoms. The number of hydrazone groups is 2. The van der Waals surface area contributed by atoms with E-state index < -0.39 is 0 Å². The minimum Gasteiger partial charge on any atom is -0.257 e. The summed E-state index contributed by atoms with van der Waals surface area (Å²) >= 11 is 0. The lowest BCUT2D eigenvalue weighted by Gasteiger charge is -2.26. The molecule has 0 radical (unpaired) electrons. The summed E-state index contributed by atoms with van der Waals surface area (Å²) in [6.45, 7) is 0. The standard InChI is InChI=1S/C20H16N4/c1-4-10-16(11-5-1)19-21-22-20(17-12-6-2-7-13-17)24(23-19)18-14-8-3-9-15-18/h1-15H,(H,21,23). The summed E-state index contributed by atoms with van der Waals surface area (Å²) < 4.78 is 0. The van der Waals surface area contributed by atoms with Crippen LogP contribution < -0.4 is 10.4 Å². The molecule has 0 spiro atoms. The van der Waals surface area contributed by atoms with Crippen LogP contribution in [0.3, 0.4) is 0 Å². The monoisotopic (exact) mass is 312 g/mol. The Morgan fingerprint density at radius 3 is 1.79 bits per heavy atom. The van der Waals surface area contributed by atoms with Gasteiger partial charge >= 0.3 is 0 Å². The van der Waals surface area contributed by atoms with Gasteiger partial charge in [-0.2, -0.15) is 5.10 Å². The van der Waals surface area contributed by atoms with Crippen molar-refractivity contribution < 1.29 is 0 Å². The van der Waals surface area contributed by atoms with Gasteiger partial charge in [0.2, 0.25) is 0 Å². The molecule has 1 aliphatic heterocycles. The maximum atomic E-state index is 4.79. The number of nitrogens with one attached hydrogen (secondary N) is 1. The highest BCUT2D eigenvalue weighted by molar-refractivity contribution is 6.14. The molecule has 0 aliphatic carbocycles. The van der Waals surface area contributed by atoms with Crippen molar-refractivity contribution in [1.29, 1.82) is 0 Å². The summed E-state index contributed by atoms with van der Waals surface area (Å²) in [5.74, 6) is 1.49. The normalized spacial score (nSPS) is 13.8. The van der Waals surface area contributed by atoms with E-state index in [4.69, 9.17) is 5.10 Å². The molecule has 0 amide bonds. The summed E-state index contributed by atoms with van der Waals surface area (Å²) in [5.41, 5.74) is 6.05. The molecule has 1 heterocycles. The molecular weight excluding hydrogens is 296 g/mol. The molecule has 1 N–H and O–H groups in total. The van der Waals surface area contributed by atoms with Crippen molar-refractivity contribution in [3.8, 4) is 0 Å². The Kier molecular flexibility index (Phi) is 3.78. The van der Waals surface area contributed by atoms with Crippen LogP contribution in [0.5, 0.6) is 0 Å². The van der Waals surface area contributed by atoms with Crippen LogP contribution >= 0.6 is 0 Å². The van der Waals surface area contributed by atoms with Crippen LogP contribution in [-0.4, -0.2) is 11.7 Å². The molecule has 116 valence electrons. The van der Waals surface area contributed by atoms with E-state index in [1.807, 2.05) is 96.0 Å². The van der Waals surface area contributed by atoms with Gasteiger partial charge in [0.05, 0.1) is 5.69 Å². The molecule has 3 aromatic carbocycles. The van der Waals surface area contributed by atoms with E-state index in [0.717, 1.165) is 28.5 Å². The van der Waals surface area contributed by atoms with E-state index in [1.54, 1.807) is 0 Å². The fraction of sp³-hybridized carbons (Fsp3) is 0. The maximum absolute atomic E-state index is 4.79. The number of rotatable bonds is 3. The van der Waals surface area contributed by atoms with E-state index in [-0.39, 0.29) is 0 Å². The van der Waals surface area contributed by atoms with Gasteiger partial charge in [0.1, 0.15) is 0 Å². The zero-order chi connectivity index (χ0) is 16.2. The summed E-state index contributed by atoms with van der Waals surface area (Å²) in [7, 11) is 0. The summed E-state index contributed by atoms with van der Waals surface area (Å²) in [5, 5.41) is 11.2. The molecule has 0 atom stereocenters. The highest BCUT2D eigenvalue weighted by Crippen LogP contribution is 2.20. The van der Waals surface area contributed by atoms with E-state index in [2.05, 4.69) is 10.5 Å². The van der Waals surface area contributed by atoms with Crippen LogP contribution in [0.4, 0.5) is 5.69 Å². The fourth-order valence-electron chi connectivity index (χ4n) is 2.56. The summed E-state index contributed by atoms with van der Waals surface area (Å²) in [6, 6.07) is 30.1. The average Bonchev–Trinajstić information content (AvgIpc) is 2.69. The lowest BCUT2D eigenvalue weighted by atomic mass is 10.2. The predicted molar refractivity (Wildman–Crippen MR) is 98.0 cm³/mol. The van der Waals surface area contributed by atoms with E-state index in [0.29, 0.717) is 0 Å². The Labute approximate surface area is 140 Å². The molecule has 0 bridgehead atoms. The van der Waals surface area contributed by atoms with Gasteiger partial charge in [-0.15, -0.1) is 5.10 Å². The van der Waals surface area contributed by atoms with E-state index >= 15 is 0 Å². The Morgan fingerprint density at radius 1 is 0.625 bits per heavy atom. The first-order valence-corrected chi connectivity index (χ1v) is 7.80. The predicted octanol–water partition coefficient (Wildman–Crippen LogP) is 3.82. The number of amidine groups is 2. The molecule has 0 saturated carbocycles. The van der Waals surface area contributed by atoms with Gasteiger partial charge in [-0.25, -0.2) is 5.01 Å². The summed E-state index contributed by atoms with van der Waals surface area (Å²) in [6.07, 6.45) is 0.